The van der Waals surface area contributed by atoms with Crippen LogP contribution in [0.4, 0.5) is 0 Å². The molecule has 0 fully saturated rings. The van der Waals surface area contributed by atoms with Crippen molar-refractivity contribution in [2.75, 3.05) is 13.2 Å². The van der Waals surface area contributed by atoms with Crippen molar-refractivity contribution >= 4 is 77.9 Å². The van der Waals surface area contributed by atoms with Crippen LogP contribution in [0.15, 0.2) is 127 Å². The molecule has 0 atom stereocenters. The summed E-state index contributed by atoms with van der Waals surface area (Å²) in [7, 11) is 2.45. The Morgan fingerprint density at radius 2 is 1.05 bits per heavy atom. The van der Waals surface area contributed by atoms with E-state index in [0.717, 1.165) is 76.0 Å². The van der Waals surface area contributed by atoms with E-state index in [2.05, 4.69) is 85.3 Å². The highest BCUT2D eigenvalue weighted by Crippen LogP contribution is 2.37. The van der Waals surface area contributed by atoms with Gasteiger partial charge < -0.3 is 18.5 Å². The number of nitrogens with zero attached hydrogens (tertiary/aromatic N) is 6. The minimum absolute atomic E-state index is 0.367. The molecule has 304 valence electrons. The second kappa shape index (κ2) is 17.2. The number of fused-ring (bicyclic) bond motifs is 3. The van der Waals surface area contributed by atoms with Gasteiger partial charge in [-0.3, -0.25) is 0 Å². The summed E-state index contributed by atoms with van der Waals surface area (Å²) in [5.74, 6) is 2.28. The van der Waals surface area contributed by atoms with Crippen LogP contribution >= 0.6 is 22.7 Å². The summed E-state index contributed by atoms with van der Waals surface area (Å²) >= 11 is 3.01. The van der Waals surface area contributed by atoms with Gasteiger partial charge in [0.1, 0.15) is 44.8 Å². The maximum atomic E-state index is 11.5. The molecule has 8 nitrogen and oxygen atoms in total. The number of benzene rings is 5. The van der Waals surface area contributed by atoms with Crippen LogP contribution in [0.3, 0.4) is 0 Å². The molecule has 9 rings (SSSR count). The Labute approximate surface area is 369 Å². The van der Waals surface area contributed by atoms with E-state index >= 15 is 0 Å². The molecular weight excluding hydrogens is 804 g/mol. The highest BCUT2D eigenvalue weighted by Gasteiger charge is 2.29. The van der Waals surface area contributed by atoms with Gasteiger partial charge in [-0.25, -0.2) is 9.97 Å². The average Bonchev–Trinajstić information content (AvgIpc) is 4.05. The van der Waals surface area contributed by atoms with Crippen molar-refractivity contribution in [2.24, 2.45) is 18.9 Å². The molecule has 0 saturated carbocycles. The molecule has 0 unspecified atom stereocenters. The maximum Gasteiger partial charge on any atom is 0.275 e. The molecule has 0 aliphatic rings. The first-order chi connectivity index (χ1) is 30.2. The second-order valence-corrected chi connectivity index (χ2v) is 18.2. The van der Waals surface area contributed by atoms with Crippen LogP contribution in [-0.2, 0) is 7.05 Å². The van der Waals surface area contributed by atoms with Crippen LogP contribution in [0.1, 0.15) is 37.7 Å². The van der Waals surface area contributed by atoms with Crippen LogP contribution in [0.2, 0.25) is 0 Å². The van der Waals surface area contributed by atoms with E-state index in [-0.39, 0.29) is 0 Å². The third-order valence-corrected chi connectivity index (χ3v) is 12.8. The number of hydrogen-bond donors (Lipinski definition) is 0. The molecule has 0 spiro atoms. The lowest BCUT2D eigenvalue weighted by Crippen LogP contribution is -2.33. The lowest BCUT2D eigenvalue weighted by molar-refractivity contribution is 0.271. The molecule has 4 aromatic heterocycles. The molecule has 0 aliphatic heterocycles. The maximum absolute atomic E-state index is 11.5. The van der Waals surface area contributed by atoms with Crippen molar-refractivity contribution in [1.29, 1.82) is 10.5 Å². The van der Waals surface area contributed by atoms with Crippen LogP contribution in [0.5, 0.6) is 11.5 Å². The Hall–Kier alpha value is -6.92. The van der Waals surface area contributed by atoms with Gasteiger partial charge in [-0.2, -0.15) is 10.5 Å². The Balaban J connectivity index is 1.49. The molecule has 11 heteroatoms. The molecule has 0 aliphatic carbocycles. The summed E-state index contributed by atoms with van der Waals surface area (Å²) in [6.07, 6.45) is 0. The molecule has 0 radical (unpaired) electrons. The third-order valence-electron chi connectivity index (χ3n) is 10.7. The Morgan fingerprint density at radius 1 is 0.597 bits per heavy atom. The van der Waals surface area contributed by atoms with Crippen molar-refractivity contribution in [1.82, 2.24) is 19.0 Å². The minimum Gasteiger partial charge on any atom is -0.493 e. The van der Waals surface area contributed by atoms with Crippen molar-refractivity contribution < 1.29 is 9.47 Å². The summed E-state index contributed by atoms with van der Waals surface area (Å²) in [4.78, 5) is 10.1. The summed E-state index contributed by atoms with van der Waals surface area (Å²) in [6.45, 7) is 9.72. The average molecular weight is 847 g/mol. The zero-order chi connectivity index (χ0) is 42.9. The highest BCUT2D eigenvalue weighted by atomic mass is 32.1. The number of rotatable bonds is 12. The van der Waals surface area contributed by atoms with Gasteiger partial charge in [0.2, 0.25) is 0 Å². The van der Waals surface area contributed by atoms with E-state index in [0.29, 0.717) is 59.0 Å². The van der Waals surface area contributed by atoms with E-state index in [4.69, 9.17) is 19.4 Å². The smallest absolute Gasteiger partial charge is 0.275 e. The Bertz CT molecular complexity index is 3240. The molecule has 62 heavy (non-hydrogen) atoms. The number of aromatic nitrogens is 4. The SMILES string of the molecule is CC(C)COc1ccc(-c2c3/c(=C(\C#N)c4nc5ccccc5s4)n(Bc4ccccc4)c(-c4ccc(OCC(C)C)cc4)c3/c(=C(\C#N)c3nc4ccccc4s3)n2C)cc1. The van der Waals surface area contributed by atoms with Crippen molar-refractivity contribution in [3.8, 4) is 46.2 Å². The summed E-state index contributed by atoms with van der Waals surface area (Å²) in [5, 5.41) is 27.2. The van der Waals surface area contributed by atoms with Crippen LogP contribution in [-0.4, -0.2) is 39.6 Å². The highest BCUT2D eigenvalue weighted by molar-refractivity contribution is 7.20. The van der Waals surface area contributed by atoms with E-state index in [1.165, 1.54) is 22.7 Å². The fraction of sp³-hybridized carbons (Fsp3) is 0.176. The fourth-order valence-corrected chi connectivity index (χ4v) is 9.87. The van der Waals surface area contributed by atoms with Gasteiger partial charge in [0, 0.05) is 23.5 Å². The molecular formula is C51H43BN6O2S2. The molecule has 5 aromatic carbocycles. The molecule has 4 heterocycles. The standard InChI is InChI=1S/C51H43BN6O2S2/c1-31(2)29-59-36-23-19-33(20-24-36)46-44-45(48(57(46)5)38(27-53)50-55-40-15-9-11-17-42(40)61-50)47(34-21-25-37(26-22-34)60-30-32(3)4)58(52-35-13-7-6-8-14-35)49(44)39(28-54)51-56-41-16-10-12-18-43(41)62-51/h6-26,31-32,52H,29-30H2,1-5H3/b48-38-,49-39-. The van der Waals surface area contributed by atoms with Gasteiger partial charge in [-0.1, -0.05) is 87.8 Å². The summed E-state index contributed by atoms with van der Waals surface area (Å²) in [5.41, 5.74) is 7.15. The second-order valence-electron chi connectivity index (χ2n) is 16.2. The van der Waals surface area contributed by atoms with E-state index in [1.807, 2.05) is 98.0 Å². The van der Waals surface area contributed by atoms with Crippen molar-refractivity contribution in [3.63, 3.8) is 0 Å². The topological polar surface area (TPSA) is 102 Å². The Kier molecular flexibility index (Phi) is 11.2. The number of ether oxygens (including phenoxy) is 2. The van der Waals surface area contributed by atoms with E-state index in [1.54, 1.807) is 0 Å². The van der Waals surface area contributed by atoms with Gasteiger partial charge in [0.25, 0.3) is 7.41 Å². The lowest BCUT2D eigenvalue weighted by Gasteiger charge is -2.14. The number of hydrogen-bond acceptors (Lipinski definition) is 8. The van der Waals surface area contributed by atoms with Gasteiger partial charge in [-0.05, 0) is 95.8 Å². The first-order valence-electron chi connectivity index (χ1n) is 20.7. The summed E-state index contributed by atoms with van der Waals surface area (Å²) < 4.78 is 18.7. The fourth-order valence-electron chi connectivity index (χ4n) is 7.95. The van der Waals surface area contributed by atoms with Crippen LogP contribution in [0, 0.1) is 34.5 Å². The third kappa shape index (κ3) is 7.66. The van der Waals surface area contributed by atoms with E-state index in [9.17, 15) is 10.5 Å². The first kappa shape index (κ1) is 40.5. The zero-order valence-electron chi connectivity index (χ0n) is 35.2. The minimum atomic E-state index is 0.367. The van der Waals surface area contributed by atoms with Crippen LogP contribution < -0.4 is 25.6 Å². The molecule has 9 aromatic rings. The lowest BCUT2D eigenvalue weighted by atomic mass is 9.81. The number of nitriles is 2. The number of thiazole rings is 2. The predicted octanol–water partition coefficient (Wildman–Crippen LogP) is 9.57. The normalized spacial score (nSPS) is 12.5. The van der Waals surface area contributed by atoms with Crippen molar-refractivity contribution in [3.05, 3.63) is 148 Å². The summed E-state index contributed by atoms with van der Waals surface area (Å²) in [6, 6.07) is 47.9. The van der Waals surface area contributed by atoms with Gasteiger partial charge in [0.05, 0.1) is 50.0 Å². The Morgan fingerprint density at radius 3 is 1.53 bits per heavy atom. The monoisotopic (exact) mass is 846 g/mol. The predicted molar refractivity (Wildman–Crippen MR) is 256 cm³/mol. The number of para-hydroxylation sites is 2. The van der Waals surface area contributed by atoms with Crippen molar-refractivity contribution in [2.45, 2.75) is 27.7 Å². The molecule has 0 bridgehead atoms. The molecule has 0 amide bonds. The van der Waals surface area contributed by atoms with E-state index < -0.39 is 0 Å². The largest absolute Gasteiger partial charge is 0.493 e. The van der Waals surface area contributed by atoms with Crippen LogP contribution in [0.25, 0.3) is 64.9 Å². The quantitative estimate of drug-likeness (QED) is 0.114. The molecule has 0 saturated heterocycles. The van der Waals surface area contributed by atoms with Gasteiger partial charge >= 0.3 is 0 Å². The zero-order valence-corrected chi connectivity index (χ0v) is 36.8. The van der Waals surface area contributed by atoms with Gasteiger partial charge in [-0.15, -0.1) is 22.7 Å². The first-order valence-corrected chi connectivity index (χ1v) is 22.4. The molecule has 0 N–H and O–H groups in total. The van der Waals surface area contributed by atoms with Gasteiger partial charge in [0.15, 0.2) is 0 Å².